The summed E-state index contributed by atoms with van der Waals surface area (Å²) in [6.07, 6.45) is 1.21. The van der Waals surface area contributed by atoms with E-state index in [4.69, 9.17) is 0 Å². The van der Waals surface area contributed by atoms with Crippen LogP contribution in [-0.2, 0) is 17.9 Å². The van der Waals surface area contributed by atoms with Gasteiger partial charge in [0.05, 0.1) is 11.0 Å². The van der Waals surface area contributed by atoms with Crippen LogP contribution >= 0.6 is 0 Å². The Kier molecular flexibility index (Phi) is 2.90. The van der Waals surface area contributed by atoms with Gasteiger partial charge in [-0.2, -0.15) is 0 Å². The van der Waals surface area contributed by atoms with Crippen LogP contribution in [0.4, 0.5) is 0 Å². The second-order valence-corrected chi connectivity index (χ2v) is 3.62. The minimum atomic E-state index is -0.0365. The van der Waals surface area contributed by atoms with Crippen LogP contribution in [0.25, 0.3) is 11.0 Å². The van der Waals surface area contributed by atoms with E-state index in [0.717, 1.165) is 17.3 Å². The third-order valence-corrected chi connectivity index (χ3v) is 2.71. The highest BCUT2D eigenvalue weighted by Crippen LogP contribution is 2.12. The molecule has 0 N–H and O–H groups in total. The minimum Gasteiger partial charge on any atom is -0.303 e. The van der Waals surface area contributed by atoms with E-state index in [9.17, 15) is 9.59 Å². The quantitative estimate of drug-likeness (QED) is 0.728. The van der Waals surface area contributed by atoms with Crippen molar-refractivity contribution in [3.05, 3.63) is 34.7 Å². The lowest BCUT2D eigenvalue weighted by Crippen LogP contribution is -2.23. The topological polar surface area (TPSA) is 44.0 Å². The van der Waals surface area contributed by atoms with E-state index in [1.165, 1.54) is 0 Å². The van der Waals surface area contributed by atoms with E-state index in [1.54, 1.807) is 9.13 Å². The first-order valence-corrected chi connectivity index (χ1v) is 5.41. The molecule has 0 atom stereocenters. The van der Waals surface area contributed by atoms with Crippen molar-refractivity contribution in [2.75, 3.05) is 0 Å². The molecule has 84 valence electrons. The largest absolute Gasteiger partial charge is 0.329 e. The number of rotatable bonds is 4. The van der Waals surface area contributed by atoms with E-state index >= 15 is 0 Å². The van der Waals surface area contributed by atoms with Crippen LogP contribution in [0.5, 0.6) is 0 Å². The van der Waals surface area contributed by atoms with Crippen LogP contribution in [0.2, 0.25) is 0 Å². The van der Waals surface area contributed by atoms with Gasteiger partial charge in [-0.1, -0.05) is 12.1 Å². The van der Waals surface area contributed by atoms with Crippen molar-refractivity contribution < 1.29 is 4.79 Å². The van der Waals surface area contributed by atoms with Crippen LogP contribution in [-0.4, -0.2) is 15.4 Å². The Bertz CT molecular complexity index is 566. The zero-order valence-electron chi connectivity index (χ0n) is 9.22. The van der Waals surface area contributed by atoms with E-state index < -0.39 is 0 Å². The van der Waals surface area contributed by atoms with Gasteiger partial charge in [0.25, 0.3) is 0 Å². The first kappa shape index (κ1) is 10.7. The summed E-state index contributed by atoms with van der Waals surface area (Å²) in [4.78, 5) is 22.4. The first-order valence-electron chi connectivity index (χ1n) is 5.41. The number of carbonyl (C=O) groups excluding carboxylic acids is 1. The zero-order valence-corrected chi connectivity index (χ0v) is 9.22. The number of hydrogen-bond acceptors (Lipinski definition) is 2. The number of aryl methyl sites for hydroxylation is 2. The number of aromatic nitrogens is 2. The molecule has 0 unspecified atom stereocenters. The summed E-state index contributed by atoms with van der Waals surface area (Å²) < 4.78 is 3.38. The lowest BCUT2D eigenvalue weighted by molar-refractivity contribution is -0.108. The average Bonchev–Trinajstić information content (AvgIpc) is 2.58. The molecule has 0 amide bonds. The SMILES string of the molecule is CCn1c(=O)n(CCC=O)c2ccccc21. The lowest BCUT2D eigenvalue weighted by atomic mass is 10.3. The fourth-order valence-corrected chi connectivity index (χ4v) is 1.98. The smallest absolute Gasteiger partial charge is 0.303 e. The molecule has 0 radical (unpaired) electrons. The van der Waals surface area contributed by atoms with Gasteiger partial charge >= 0.3 is 5.69 Å². The average molecular weight is 218 g/mol. The molecule has 0 aliphatic heterocycles. The Labute approximate surface area is 93.1 Å². The summed E-state index contributed by atoms with van der Waals surface area (Å²) in [6.45, 7) is 3.04. The van der Waals surface area contributed by atoms with Gasteiger partial charge in [-0.3, -0.25) is 9.13 Å². The Hall–Kier alpha value is -1.84. The summed E-state index contributed by atoms with van der Waals surface area (Å²) >= 11 is 0. The third kappa shape index (κ3) is 1.56. The van der Waals surface area contributed by atoms with E-state index in [-0.39, 0.29) is 5.69 Å². The van der Waals surface area contributed by atoms with Crippen LogP contribution in [0.3, 0.4) is 0 Å². The molecule has 0 aliphatic rings. The Morgan fingerprint density at radius 2 is 1.81 bits per heavy atom. The van der Waals surface area contributed by atoms with Gasteiger partial charge in [0.15, 0.2) is 0 Å². The van der Waals surface area contributed by atoms with Crippen molar-refractivity contribution in [2.45, 2.75) is 26.4 Å². The van der Waals surface area contributed by atoms with Crippen molar-refractivity contribution in [3.8, 4) is 0 Å². The molecule has 0 saturated heterocycles. The van der Waals surface area contributed by atoms with Crippen LogP contribution in [0.1, 0.15) is 13.3 Å². The van der Waals surface area contributed by atoms with Gasteiger partial charge in [0, 0.05) is 19.5 Å². The Morgan fingerprint density at radius 1 is 1.19 bits per heavy atom. The maximum Gasteiger partial charge on any atom is 0.329 e. The molecule has 2 rings (SSSR count). The highest BCUT2D eigenvalue weighted by Gasteiger charge is 2.10. The van der Waals surface area contributed by atoms with E-state index in [2.05, 4.69) is 0 Å². The van der Waals surface area contributed by atoms with Gasteiger partial charge in [0.2, 0.25) is 0 Å². The Balaban J connectivity index is 2.67. The molecular formula is C12H14N2O2. The lowest BCUT2D eigenvalue weighted by Gasteiger charge is -1.97. The first-order chi connectivity index (χ1) is 7.79. The molecule has 2 aromatic rings. The molecule has 1 aromatic heterocycles. The number of nitrogens with zero attached hydrogens (tertiary/aromatic N) is 2. The summed E-state index contributed by atoms with van der Waals surface area (Å²) in [6, 6.07) is 7.66. The standard InChI is InChI=1S/C12H14N2O2/c1-2-13-10-6-3-4-7-11(10)14(12(13)16)8-5-9-15/h3-4,6-7,9H,2,5,8H2,1H3. The zero-order chi connectivity index (χ0) is 11.5. The summed E-state index contributed by atoms with van der Waals surface area (Å²) in [7, 11) is 0. The molecule has 4 heteroatoms. The fraction of sp³-hybridized carbons (Fsp3) is 0.333. The number of carbonyl (C=O) groups is 1. The number of imidazole rings is 1. The molecule has 1 heterocycles. The monoisotopic (exact) mass is 218 g/mol. The van der Waals surface area contributed by atoms with Crippen LogP contribution < -0.4 is 5.69 Å². The molecule has 0 aliphatic carbocycles. The number of hydrogen-bond donors (Lipinski definition) is 0. The maximum absolute atomic E-state index is 12.0. The van der Waals surface area contributed by atoms with Crippen molar-refractivity contribution in [3.63, 3.8) is 0 Å². The molecule has 0 fully saturated rings. The highest BCUT2D eigenvalue weighted by atomic mass is 16.1. The van der Waals surface area contributed by atoms with Crippen LogP contribution in [0.15, 0.2) is 29.1 Å². The van der Waals surface area contributed by atoms with Crippen molar-refractivity contribution in [1.82, 2.24) is 9.13 Å². The number of aldehydes is 1. The van der Waals surface area contributed by atoms with Crippen molar-refractivity contribution in [1.29, 1.82) is 0 Å². The van der Waals surface area contributed by atoms with Gasteiger partial charge in [-0.05, 0) is 19.1 Å². The van der Waals surface area contributed by atoms with E-state index in [1.807, 2.05) is 31.2 Å². The minimum absolute atomic E-state index is 0.0365. The van der Waals surface area contributed by atoms with Gasteiger partial charge < -0.3 is 4.79 Å². The second-order valence-electron chi connectivity index (χ2n) is 3.62. The summed E-state index contributed by atoms with van der Waals surface area (Å²) in [5, 5.41) is 0. The molecule has 4 nitrogen and oxygen atoms in total. The number of para-hydroxylation sites is 2. The van der Waals surface area contributed by atoms with Crippen molar-refractivity contribution in [2.24, 2.45) is 0 Å². The molecular weight excluding hydrogens is 204 g/mol. The van der Waals surface area contributed by atoms with Gasteiger partial charge in [-0.15, -0.1) is 0 Å². The fourth-order valence-electron chi connectivity index (χ4n) is 1.98. The number of fused-ring (bicyclic) bond motifs is 1. The predicted octanol–water partition coefficient (Wildman–Crippen LogP) is 1.41. The predicted molar refractivity (Wildman–Crippen MR) is 62.6 cm³/mol. The molecule has 1 aromatic carbocycles. The second kappa shape index (κ2) is 4.35. The maximum atomic E-state index is 12.0. The van der Waals surface area contributed by atoms with Gasteiger partial charge in [0.1, 0.15) is 6.29 Å². The highest BCUT2D eigenvalue weighted by molar-refractivity contribution is 5.76. The van der Waals surface area contributed by atoms with Crippen LogP contribution in [0, 0.1) is 0 Å². The molecule has 16 heavy (non-hydrogen) atoms. The normalized spacial score (nSPS) is 10.8. The molecule has 0 spiro atoms. The molecule has 0 saturated carbocycles. The summed E-state index contributed by atoms with van der Waals surface area (Å²) in [5.74, 6) is 0. The summed E-state index contributed by atoms with van der Waals surface area (Å²) in [5.41, 5.74) is 1.79. The van der Waals surface area contributed by atoms with Crippen molar-refractivity contribution >= 4 is 17.3 Å². The number of benzene rings is 1. The third-order valence-electron chi connectivity index (χ3n) is 2.71. The Morgan fingerprint density at radius 3 is 2.38 bits per heavy atom. The van der Waals surface area contributed by atoms with Gasteiger partial charge in [-0.25, -0.2) is 4.79 Å². The molecule has 0 bridgehead atoms. The van der Waals surface area contributed by atoms with E-state index in [0.29, 0.717) is 19.5 Å².